The Kier molecular flexibility index (Phi) is 7.78. The molecule has 2 aromatic carbocycles. The molecule has 36 heavy (non-hydrogen) atoms. The molecule has 10 heteroatoms. The lowest BCUT2D eigenvalue weighted by Crippen LogP contribution is -2.36. The smallest absolute Gasteiger partial charge is 0.377 e. The number of urea groups is 1. The number of anilines is 3. The zero-order valence-electron chi connectivity index (χ0n) is 20.1. The number of rotatable bonds is 6. The fourth-order valence-corrected chi connectivity index (χ4v) is 4.76. The molecule has 2 amide bonds. The zero-order valence-corrected chi connectivity index (χ0v) is 20.9. The predicted octanol–water partition coefficient (Wildman–Crippen LogP) is 6.77. The molecule has 1 fully saturated rings. The van der Waals surface area contributed by atoms with Gasteiger partial charge in [-0.25, -0.2) is 9.78 Å². The standard InChI is InChI=1S/C26H29ClF3N5O/c1-35(2)23-14-24(33-21-6-4-3-5-19(21)23)32-18-10-7-16(8-11-18)15-31-25(36)34-22-12-9-17(27)13-20(22)26(28,29)30/h3-6,9,12-14,16,18H,7-8,10-11,15H2,1-2H3,(H,32,33)(H2,31,34,36)/t16-,18+. The van der Waals surface area contributed by atoms with Crippen LogP contribution < -0.4 is 20.9 Å². The molecule has 1 aromatic heterocycles. The van der Waals surface area contributed by atoms with Gasteiger partial charge in [-0.05, 0) is 55.9 Å². The Labute approximate surface area is 213 Å². The van der Waals surface area contributed by atoms with Crippen molar-refractivity contribution in [3.63, 3.8) is 0 Å². The number of aromatic nitrogens is 1. The average molecular weight is 520 g/mol. The maximum Gasteiger partial charge on any atom is 0.418 e. The second-order valence-electron chi connectivity index (χ2n) is 9.32. The number of amides is 2. The fourth-order valence-electron chi connectivity index (χ4n) is 4.58. The van der Waals surface area contributed by atoms with Crippen LogP contribution in [0.25, 0.3) is 10.9 Å². The lowest BCUT2D eigenvalue weighted by Gasteiger charge is -2.30. The average Bonchev–Trinajstić information content (AvgIpc) is 2.83. The van der Waals surface area contributed by atoms with Crippen LogP contribution in [-0.4, -0.2) is 37.7 Å². The Morgan fingerprint density at radius 2 is 1.81 bits per heavy atom. The number of carbonyl (C=O) groups is 1. The van der Waals surface area contributed by atoms with Gasteiger partial charge in [0.05, 0.1) is 16.8 Å². The number of pyridine rings is 1. The van der Waals surface area contributed by atoms with Crippen molar-refractivity contribution in [2.24, 2.45) is 5.92 Å². The van der Waals surface area contributed by atoms with Gasteiger partial charge in [-0.15, -0.1) is 0 Å². The molecule has 0 radical (unpaired) electrons. The van der Waals surface area contributed by atoms with Crippen molar-refractivity contribution in [2.45, 2.75) is 37.9 Å². The largest absolute Gasteiger partial charge is 0.418 e. The molecule has 1 heterocycles. The molecule has 3 aromatic rings. The van der Waals surface area contributed by atoms with Crippen LogP contribution in [0.4, 0.5) is 35.2 Å². The third-order valence-electron chi connectivity index (χ3n) is 6.46. The molecule has 6 nitrogen and oxygen atoms in total. The zero-order chi connectivity index (χ0) is 25.9. The Morgan fingerprint density at radius 1 is 1.08 bits per heavy atom. The van der Waals surface area contributed by atoms with Gasteiger partial charge in [0.2, 0.25) is 0 Å². The van der Waals surface area contributed by atoms with E-state index in [1.54, 1.807) is 0 Å². The molecule has 3 N–H and O–H groups in total. The van der Waals surface area contributed by atoms with Crippen molar-refractivity contribution >= 4 is 45.7 Å². The summed E-state index contributed by atoms with van der Waals surface area (Å²) in [6.45, 7) is 0.395. The number of nitrogens with one attached hydrogen (secondary N) is 3. The van der Waals surface area contributed by atoms with E-state index in [0.717, 1.165) is 60.2 Å². The third kappa shape index (κ3) is 6.32. The van der Waals surface area contributed by atoms with Crippen molar-refractivity contribution in [1.82, 2.24) is 10.3 Å². The van der Waals surface area contributed by atoms with Gasteiger partial charge < -0.3 is 20.9 Å². The summed E-state index contributed by atoms with van der Waals surface area (Å²) < 4.78 is 39.7. The first-order chi connectivity index (χ1) is 17.1. The first-order valence-electron chi connectivity index (χ1n) is 11.9. The normalized spacial score (nSPS) is 18.1. The molecule has 1 aliphatic carbocycles. The van der Waals surface area contributed by atoms with E-state index >= 15 is 0 Å². The van der Waals surface area contributed by atoms with E-state index in [-0.39, 0.29) is 22.7 Å². The first-order valence-corrected chi connectivity index (χ1v) is 12.2. The second-order valence-corrected chi connectivity index (χ2v) is 9.76. The van der Waals surface area contributed by atoms with Gasteiger partial charge in [-0.2, -0.15) is 13.2 Å². The van der Waals surface area contributed by atoms with Crippen LogP contribution in [0.5, 0.6) is 0 Å². The molecule has 192 valence electrons. The number of hydrogen-bond donors (Lipinski definition) is 3. The number of fused-ring (bicyclic) bond motifs is 1. The summed E-state index contributed by atoms with van der Waals surface area (Å²) in [7, 11) is 4.02. The second kappa shape index (κ2) is 10.8. The van der Waals surface area contributed by atoms with Crippen LogP contribution in [-0.2, 0) is 6.18 Å². The molecule has 0 atom stereocenters. The van der Waals surface area contributed by atoms with Gasteiger partial charge in [-0.3, -0.25) is 0 Å². The van der Waals surface area contributed by atoms with Gasteiger partial charge in [0.15, 0.2) is 0 Å². The number of hydrogen-bond acceptors (Lipinski definition) is 4. The molecule has 0 bridgehead atoms. The minimum absolute atomic E-state index is 0.0459. The van der Waals surface area contributed by atoms with Crippen molar-refractivity contribution in [1.29, 1.82) is 0 Å². The van der Waals surface area contributed by atoms with Gasteiger partial charge in [0, 0.05) is 48.8 Å². The topological polar surface area (TPSA) is 69.3 Å². The summed E-state index contributed by atoms with van der Waals surface area (Å²) in [6.07, 6.45) is -1.02. The van der Waals surface area contributed by atoms with Crippen molar-refractivity contribution in [3.05, 3.63) is 59.1 Å². The third-order valence-corrected chi connectivity index (χ3v) is 6.70. The fraction of sp³-hybridized carbons (Fsp3) is 0.385. The predicted molar refractivity (Wildman–Crippen MR) is 139 cm³/mol. The van der Waals surface area contributed by atoms with Crippen LogP contribution in [0.1, 0.15) is 31.2 Å². The highest BCUT2D eigenvalue weighted by Gasteiger charge is 2.34. The summed E-state index contributed by atoms with van der Waals surface area (Å²) in [4.78, 5) is 19.1. The van der Waals surface area contributed by atoms with E-state index in [0.29, 0.717) is 6.54 Å². The van der Waals surface area contributed by atoms with Crippen molar-refractivity contribution in [3.8, 4) is 0 Å². The van der Waals surface area contributed by atoms with E-state index in [4.69, 9.17) is 16.6 Å². The van der Waals surface area contributed by atoms with Crippen LogP contribution in [0, 0.1) is 5.92 Å². The molecule has 0 saturated heterocycles. The van der Waals surface area contributed by atoms with Gasteiger partial charge in [-0.1, -0.05) is 29.8 Å². The lowest BCUT2D eigenvalue weighted by atomic mass is 9.86. The van der Waals surface area contributed by atoms with E-state index in [9.17, 15) is 18.0 Å². The summed E-state index contributed by atoms with van der Waals surface area (Å²) in [5.41, 5.74) is 0.736. The summed E-state index contributed by atoms with van der Waals surface area (Å²) in [5.74, 6) is 1.09. The van der Waals surface area contributed by atoms with Crippen LogP contribution >= 0.6 is 11.6 Å². The number of alkyl halides is 3. The van der Waals surface area contributed by atoms with E-state index in [2.05, 4.69) is 33.0 Å². The monoisotopic (exact) mass is 519 g/mol. The molecule has 4 rings (SSSR count). The van der Waals surface area contributed by atoms with Crippen LogP contribution in [0.2, 0.25) is 5.02 Å². The van der Waals surface area contributed by atoms with Crippen LogP contribution in [0.3, 0.4) is 0 Å². The highest BCUT2D eigenvalue weighted by atomic mass is 35.5. The maximum absolute atomic E-state index is 13.2. The molecule has 1 aliphatic rings. The molecular weight excluding hydrogens is 491 g/mol. The van der Waals surface area contributed by atoms with Gasteiger partial charge >= 0.3 is 12.2 Å². The number of nitrogens with zero attached hydrogens (tertiary/aromatic N) is 2. The Bertz CT molecular complexity index is 1230. The van der Waals surface area contributed by atoms with Crippen LogP contribution in [0.15, 0.2) is 48.5 Å². The highest BCUT2D eigenvalue weighted by Crippen LogP contribution is 2.36. The van der Waals surface area contributed by atoms with Crippen molar-refractivity contribution in [2.75, 3.05) is 36.2 Å². The minimum Gasteiger partial charge on any atom is -0.377 e. The van der Waals surface area contributed by atoms with Gasteiger partial charge in [0.1, 0.15) is 5.82 Å². The van der Waals surface area contributed by atoms with E-state index < -0.39 is 17.8 Å². The molecule has 1 saturated carbocycles. The van der Waals surface area contributed by atoms with E-state index in [1.165, 1.54) is 6.07 Å². The lowest BCUT2D eigenvalue weighted by molar-refractivity contribution is -0.136. The maximum atomic E-state index is 13.2. The minimum atomic E-state index is -4.62. The SMILES string of the molecule is CN(C)c1cc(N[C@H]2CC[C@@H](CNC(=O)Nc3ccc(Cl)cc3C(F)(F)F)CC2)nc2ccccc12. The number of para-hydroxylation sites is 1. The molecular formula is C26H29ClF3N5O. The first kappa shape index (κ1) is 25.9. The quantitative estimate of drug-likeness (QED) is 0.336. The molecule has 0 unspecified atom stereocenters. The summed E-state index contributed by atoms with van der Waals surface area (Å²) in [5, 5.41) is 9.62. The Morgan fingerprint density at radius 3 is 2.50 bits per heavy atom. The molecule has 0 aliphatic heterocycles. The summed E-state index contributed by atoms with van der Waals surface area (Å²) in [6, 6.07) is 13.0. The van der Waals surface area contributed by atoms with Gasteiger partial charge in [0.25, 0.3) is 0 Å². The number of carbonyl (C=O) groups excluding carboxylic acids is 1. The number of halogens is 4. The number of benzene rings is 2. The van der Waals surface area contributed by atoms with E-state index in [1.807, 2.05) is 32.3 Å². The summed E-state index contributed by atoms with van der Waals surface area (Å²) >= 11 is 5.69. The Hall–Kier alpha value is -3.20. The Balaban J connectivity index is 1.29. The molecule has 0 spiro atoms. The highest BCUT2D eigenvalue weighted by molar-refractivity contribution is 6.30. The van der Waals surface area contributed by atoms with Crippen molar-refractivity contribution < 1.29 is 18.0 Å².